The molecule has 4 nitrogen and oxygen atoms in total. The molecule has 1 aromatic rings. The van der Waals surface area contributed by atoms with Gasteiger partial charge in [-0.15, -0.1) is 0 Å². The average Bonchev–Trinajstić information content (AvgIpc) is 2.41. The molecule has 1 fully saturated rings. The Hall–Kier alpha value is -1.13. The molecule has 0 bridgehead atoms. The van der Waals surface area contributed by atoms with Gasteiger partial charge in [-0.1, -0.05) is 11.6 Å². The van der Waals surface area contributed by atoms with Crippen LogP contribution in [0, 0.1) is 5.92 Å². The molecule has 2 rings (SSSR count). The molecule has 0 spiro atoms. The van der Waals surface area contributed by atoms with Crippen LogP contribution in [-0.4, -0.2) is 42.5 Å². The van der Waals surface area contributed by atoms with E-state index in [1.54, 1.807) is 18.3 Å². The zero-order chi connectivity index (χ0) is 13.7. The Morgan fingerprint density at radius 3 is 2.95 bits per heavy atom. The minimum Gasteiger partial charge on any atom is -0.352 e. The van der Waals surface area contributed by atoms with E-state index in [4.69, 9.17) is 11.6 Å². The lowest BCUT2D eigenvalue weighted by Crippen LogP contribution is -2.32. The number of hydrogen-bond donors (Lipinski definition) is 1. The molecular weight excluding hydrogens is 262 g/mol. The highest BCUT2D eigenvalue weighted by molar-refractivity contribution is 6.32. The number of amides is 1. The number of nitrogens with zero attached hydrogens (tertiary/aromatic N) is 2. The molecule has 0 saturated carbocycles. The van der Waals surface area contributed by atoms with E-state index in [1.807, 2.05) is 0 Å². The van der Waals surface area contributed by atoms with Gasteiger partial charge in [0.15, 0.2) is 0 Å². The van der Waals surface area contributed by atoms with Crippen molar-refractivity contribution in [2.45, 2.75) is 19.3 Å². The highest BCUT2D eigenvalue weighted by Crippen LogP contribution is 2.19. The van der Waals surface area contributed by atoms with Crippen LogP contribution in [0.3, 0.4) is 0 Å². The van der Waals surface area contributed by atoms with Gasteiger partial charge in [0.1, 0.15) is 5.15 Å². The summed E-state index contributed by atoms with van der Waals surface area (Å²) in [5.74, 6) is 0.590. The van der Waals surface area contributed by atoms with Crippen LogP contribution in [0.4, 0.5) is 0 Å². The predicted octanol–water partition coefficient (Wildman–Crippen LogP) is 2.20. The van der Waals surface area contributed by atoms with Gasteiger partial charge in [0, 0.05) is 12.7 Å². The number of likely N-dealkylation sites (tertiary alicyclic amines) is 1. The number of halogens is 1. The number of hydrogen-bond acceptors (Lipinski definition) is 3. The van der Waals surface area contributed by atoms with E-state index in [-0.39, 0.29) is 11.1 Å². The fourth-order valence-corrected chi connectivity index (χ4v) is 2.60. The molecule has 0 aromatic carbocycles. The fourth-order valence-electron chi connectivity index (χ4n) is 2.39. The Kier molecular flexibility index (Phi) is 5.16. The van der Waals surface area contributed by atoms with Crippen LogP contribution in [0.5, 0.6) is 0 Å². The second kappa shape index (κ2) is 6.87. The van der Waals surface area contributed by atoms with Gasteiger partial charge in [0.05, 0.1) is 5.56 Å². The third kappa shape index (κ3) is 4.18. The Labute approximate surface area is 119 Å². The summed E-state index contributed by atoms with van der Waals surface area (Å²) in [6, 6.07) is 3.41. The summed E-state index contributed by atoms with van der Waals surface area (Å²) in [4.78, 5) is 18.2. The van der Waals surface area contributed by atoms with E-state index in [0.29, 0.717) is 12.1 Å². The topological polar surface area (TPSA) is 45.2 Å². The molecule has 1 amide bonds. The number of carbonyl (C=O) groups is 1. The van der Waals surface area contributed by atoms with Crippen LogP contribution < -0.4 is 5.32 Å². The molecule has 1 N–H and O–H groups in total. The summed E-state index contributed by atoms with van der Waals surface area (Å²) in [6.07, 6.45) is 5.06. The first-order valence-corrected chi connectivity index (χ1v) is 7.12. The number of nitrogens with one attached hydrogen (secondary N) is 1. The van der Waals surface area contributed by atoms with Crippen molar-refractivity contribution < 1.29 is 4.79 Å². The van der Waals surface area contributed by atoms with Crippen LogP contribution >= 0.6 is 11.6 Å². The largest absolute Gasteiger partial charge is 0.352 e. The van der Waals surface area contributed by atoms with Crippen LogP contribution in [0.2, 0.25) is 5.15 Å². The molecule has 0 aliphatic carbocycles. The molecule has 104 valence electrons. The molecule has 1 aliphatic heterocycles. The van der Waals surface area contributed by atoms with Gasteiger partial charge in [-0.05, 0) is 57.5 Å². The van der Waals surface area contributed by atoms with Gasteiger partial charge in [-0.3, -0.25) is 4.79 Å². The lowest BCUT2D eigenvalue weighted by atomic mass is 9.94. The first-order valence-electron chi connectivity index (χ1n) is 6.74. The van der Waals surface area contributed by atoms with Crippen molar-refractivity contribution in [3.05, 3.63) is 29.0 Å². The molecule has 5 heteroatoms. The molecular formula is C14H20ClN3O. The van der Waals surface area contributed by atoms with Crippen LogP contribution in [-0.2, 0) is 0 Å². The van der Waals surface area contributed by atoms with Gasteiger partial charge >= 0.3 is 0 Å². The molecule has 19 heavy (non-hydrogen) atoms. The van der Waals surface area contributed by atoms with Crippen molar-refractivity contribution in [3.8, 4) is 0 Å². The maximum Gasteiger partial charge on any atom is 0.254 e. The average molecular weight is 282 g/mol. The van der Waals surface area contributed by atoms with E-state index in [2.05, 4.69) is 22.2 Å². The van der Waals surface area contributed by atoms with Crippen LogP contribution in [0.15, 0.2) is 18.3 Å². The summed E-state index contributed by atoms with van der Waals surface area (Å²) in [6.45, 7) is 3.03. The number of aromatic nitrogens is 1. The first kappa shape index (κ1) is 14.3. The highest BCUT2D eigenvalue weighted by Gasteiger charge is 2.17. The quantitative estimate of drug-likeness (QED) is 0.861. The van der Waals surface area contributed by atoms with Gasteiger partial charge in [-0.2, -0.15) is 0 Å². The highest BCUT2D eigenvalue weighted by atomic mass is 35.5. The minimum absolute atomic E-state index is 0.133. The van der Waals surface area contributed by atoms with Crippen LogP contribution in [0.1, 0.15) is 29.6 Å². The Morgan fingerprint density at radius 1 is 1.53 bits per heavy atom. The van der Waals surface area contributed by atoms with Gasteiger partial charge in [0.25, 0.3) is 5.91 Å². The zero-order valence-electron chi connectivity index (χ0n) is 11.2. The third-order valence-electron chi connectivity index (χ3n) is 3.68. The number of rotatable bonds is 4. The second-order valence-corrected chi connectivity index (χ2v) is 5.49. The van der Waals surface area contributed by atoms with E-state index >= 15 is 0 Å². The summed E-state index contributed by atoms with van der Waals surface area (Å²) < 4.78 is 0. The SMILES string of the molecule is CN1CCC(CCNC(=O)c2cccnc2Cl)CC1. The van der Waals surface area contributed by atoms with E-state index in [9.17, 15) is 4.79 Å². The van der Waals surface area contributed by atoms with E-state index < -0.39 is 0 Å². The molecule has 1 aliphatic rings. The first-order chi connectivity index (χ1) is 9.16. The second-order valence-electron chi connectivity index (χ2n) is 5.13. The standard InChI is InChI=1S/C14H20ClN3O/c1-18-9-5-11(6-10-18)4-8-17-14(19)12-3-2-7-16-13(12)15/h2-3,7,11H,4-6,8-10H2,1H3,(H,17,19). The fraction of sp³-hybridized carbons (Fsp3) is 0.571. The molecule has 2 heterocycles. The maximum atomic E-state index is 11.9. The molecule has 0 unspecified atom stereocenters. The molecule has 1 saturated heterocycles. The van der Waals surface area contributed by atoms with Gasteiger partial charge in [-0.25, -0.2) is 4.98 Å². The van der Waals surface area contributed by atoms with Crippen molar-refractivity contribution in [1.29, 1.82) is 0 Å². The van der Waals surface area contributed by atoms with Crippen molar-refractivity contribution in [1.82, 2.24) is 15.2 Å². The zero-order valence-corrected chi connectivity index (χ0v) is 12.0. The lowest BCUT2D eigenvalue weighted by Gasteiger charge is -2.28. The summed E-state index contributed by atoms with van der Waals surface area (Å²) in [5, 5.41) is 3.18. The summed E-state index contributed by atoms with van der Waals surface area (Å²) >= 11 is 5.89. The van der Waals surface area contributed by atoms with Gasteiger partial charge in [0.2, 0.25) is 0 Å². The summed E-state index contributed by atoms with van der Waals surface area (Å²) in [5.41, 5.74) is 0.451. The predicted molar refractivity (Wildman–Crippen MR) is 76.4 cm³/mol. The lowest BCUT2D eigenvalue weighted by molar-refractivity contribution is 0.0948. The van der Waals surface area contributed by atoms with E-state index in [1.165, 1.54) is 12.8 Å². The smallest absolute Gasteiger partial charge is 0.254 e. The van der Waals surface area contributed by atoms with Crippen LogP contribution in [0.25, 0.3) is 0 Å². The third-order valence-corrected chi connectivity index (χ3v) is 3.98. The maximum absolute atomic E-state index is 11.9. The van der Waals surface area contributed by atoms with Crippen molar-refractivity contribution in [3.63, 3.8) is 0 Å². The van der Waals surface area contributed by atoms with Crippen molar-refractivity contribution in [2.24, 2.45) is 5.92 Å². The minimum atomic E-state index is -0.133. The molecule has 0 radical (unpaired) electrons. The van der Waals surface area contributed by atoms with Crippen molar-refractivity contribution in [2.75, 3.05) is 26.7 Å². The number of carbonyl (C=O) groups excluding carboxylic acids is 1. The van der Waals surface area contributed by atoms with Gasteiger partial charge < -0.3 is 10.2 Å². The monoisotopic (exact) mass is 281 g/mol. The molecule has 0 atom stereocenters. The number of piperidine rings is 1. The Morgan fingerprint density at radius 2 is 2.26 bits per heavy atom. The summed E-state index contributed by atoms with van der Waals surface area (Å²) in [7, 11) is 2.16. The number of pyridine rings is 1. The normalized spacial score (nSPS) is 17.4. The van der Waals surface area contributed by atoms with Crippen molar-refractivity contribution >= 4 is 17.5 Å². The molecule has 1 aromatic heterocycles. The van der Waals surface area contributed by atoms with E-state index in [0.717, 1.165) is 25.4 Å². The Bertz CT molecular complexity index is 430. The Balaban J connectivity index is 1.74.